The highest BCUT2D eigenvalue weighted by atomic mass is 79.9. The Morgan fingerprint density at radius 2 is 1.67 bits per heavy atom. The summed E-state index contributed by atoms with van der Waals surface area (Å²) in [5.41, 5.74) is 2.31. The van der Waals surface area contributed by atoms with Crippen LogP contribution in [0.4, 0.5) is 0 Å². The molecule has 0 saturated carbocycles. The van der Waals surface area contributed by atoms with Gasteiger partial charge in [-0.2, -0.15) is 0 Å². The predicted molar refractivity (Wildman–Crippen MR) is 91.7 cm³/mol. The first kappa shape index (κ1) is 16.5. The minimum absolute atomic E-state index is 0.0528. The minimum Gasteiger partial charge on any atom is -0.367 e. The molecule has 1 unspecified atom stereocenters. The molecule has 0 saturated heterocycles. The Kier molecular flexibility index (Phi) is 6.71. The van der Waals surface area contributed by atoms with Gasteiger partial charge in [-0.25, -0.2) is 0 Å². The number of halogens is 2. The molecule has 2 rings (SSSR count). The fourth-order valence-electron chi connectivity index (χ4n) is 2.04. The fraction of sp³-hybridized carbons (Fsp3) is 0.294. The van der Waals surface area contributed by atoms with Crippen LogP contribution in [-0.4, -0.2) is 31.1 Å². The third-order valence-electron chi connectivity index (χ3n) is 3.24. The summed E-state index contributed by atoms with van der Waals surface area (Å²) >= 11 is 9.25. The molecule has 0 bridgehead atoms. The summed E-state index contributed by atoms with van der Waals surface area (Å²) in [5, 5.41) is 0. The standard InChI is InChI=1S/C17H19BrClNO/c1-20(13-19)11-12-21-17(14-5-3-2-4-6-14)15-7-9-16(18)10-8-15/h2-10,17H,11-13H2,1H3. The van der Waals surface area contributed by atoms with E-state index in [2.05, 4.69) is 40.2 Å². The molecule has 0 radical (unpaired) electrons. The molecule has 0 aliphatic carbocycles. The molecule has 0 heterocycles. The molecule has 2 nitrogen and oxygen atoms in total. The van der Waals surface area contributed by atoms with Crippen LogP contribution in [0.2, 0.25) is 0 Å². The zero-order chi connectivity index (χ0) is 15.1. The number of likely N-dealkylation sites (N-methyl/N-ethyl adjacent to an activating group) is 1. The molecule has 0 spiro atoms. The van der Waals surface area contributed by atoms with Gasteiger partial charge in [0.15, 0.2) is 0 Å². The quantitative estimate of drug-likeness (QED) is 0.519. The van der Waals surface area contributed by atoms with Gasteiger partial charge in [-0.05, 0) is 30.3 Å². The fourth-order valence-corrected chi connectivity index (χ4v) is 2.42. The Morgan fingerprint density at radius 1 is 1.05 bits per heavy atom. The molecule has 21 heavy (non-hydrogen) atoms. The molecule has 4 heteroatoms. The van der Waals surface area contributed by atoms with Crippen molar-refractivity contribution in [3.05, 3.63) is 70.2 Å². The maximum Gasteiger partial charge on any atom is 0.108 e. The van der Waals surface area contributed by atoms with Crippen LogP contribution >= 0.6 is 27.5 Å². The van der Waals surface area contributed by atoms with Crippen LogP contribution in [0.15, 0.2) is 59.1 Å². The molecular formula is C17H19BrClNO. The average Bonchev–Trinajstić information content (AvgIpc) is 2.53. The smallest absolute Gasteiger partial charge is 0.108 e. The molecule has 0 N–H and O–H groups in total. The molecule has 1 atom stereocenters. The van der Waals surface area contributed by atoms with Gasteiger partial charge < -0.3 is 4.74 Å². The highest BCUT2D eigenvalue weighted by Crippen LogP contribution is 2.27. The summed E-state index contributed by atoms with van der Waals surface area (Å²) in [7, 11) is 1.98. The first-order valence-corrected chi connectivity index (χ1v) is 8.20. The maximum absolute atomic E-state index is 6.11. The topological polar surface area (TPSA) is 12.5 Å². The molecule has 2 aromatic carbocycles. The lowest BCUT2D eigenvalue weighted by molar-refractivity contribution is 0.0676. The number of benzene rings is 2. The summed E-state index contributed by atoms with van der Waals surface area (Å²) in [6.07, 6.45) is -0.0528. The average molecular weight is 369 g/mol. The Bertz CT molecular complexity index is 532. The van der Waals surface area contributed by atoms with Gasteiger partial charge >= 0.3 is 0 Å². The van der Waals surface area contributed by atoms with Crippen molar-refractivity contribution in [1.29, 1.82) is 0 Å². The van der Waals surface area contributed by atoms with Gasteiger partial charge in [0.1, 0.15) is 6.10 Å². The SMILES string of the molecule is CN(CCl)CCOC(c1ccccc1)c1ccc(Br)cc1. The molecule has 0 aliphatic rings. The number of rotatable bonds is 7. The van der Waals surface area contributed by atoms with Gasteiger partial charge in [0.2, 0.25) is 0 Å². The molecule has 0 aromatic heterocycles. The summed E-state index contributed by atoms with van der Waals surface area (Å²) < 4.78 is 7.18. The minimum atomic E-state index is -0.0528. The second-order valence-electron chi connectivity index (χ2n) is 4.91. The van der Waals surface area contributed by atoms with Crippen LogP contribution in [0.1, 0.15) is 17.2 Å². The van der Waals surface area contributed by atoms with E-state index in [0.717, 1.165) is 22.1 Å². The molecule has 0 amide bonds. The largest absolute Gasteiger partial charge is 0.367 e. The Morgan fingerprint density at radius 3 is 2.29 bits per heavy atom. The third kappa shape index (κ3) is 5.11. The molecule has 0 fully saturated rings. The van der Waals surface area contributed by atoms with E-state index in [-0.39, 0.29) is 6.10 Å². The van der Waals surface area contributed by atoms with Crippen molar-refractivity contribution < 1.29 is 4.74 Å². The number of hydrogen-bond acceptors (Lipinski definition) is 2. The Balaban J connectivity index is 2.13. The van der Waals surface area contributed by atoms with Gasteiger partial charge in [-0.3, -0.25) is 4.90 Å². The van der Waals surface area contributed by atoms with Crippen LogP contribution in [0, 0.1) is 0 Å². The van der Waals surface area contributed by atoms with Gasteiger partial charge in [0.25, 0.3) is 0 Å². The lowest BCUT2D eigenvalue weighted by Gasteiger charge is -2.21. The van der Waals surface area contributed by atoms with Crippen molar-refractivity contribution in [3.63, 3.8) is 0 Å². The number of ether oxygens (including phenoxy) is 1. The molecule has 2 aromatic rings. The molecule has 112 valence electrons. The number of hydrogen-bond donors (Lipinski definition) is 0. The normalized spacial score (nSPS) is 12.6. The van der Waals surface area contributed by atoms with E-state index in [0.29, 0.717) is 12.6 Å². The number of nitrogens with zero attached hydrogens (tertiary/aromatic N) is 1. The maximum atomic E-state index is 6.11. The number of alkyl halides is 1. The first-order valence-electron chi connectivity index (χ1n) is 6.87. The van der Waals surface area contributed by atoms with Crippen LogP contribution in [0.3, 0.4) is 0 Å². The van der Waals surface area contributed by atoms with Crippen molar-refractivity contribution in [3.8, 4) is 0 Å². The van der Waals surface area contributed by atoms with Crippen LogP contribution in [0.25, 0.3) is 0 Å². The lowest BCUT2D eigenvalue weighted by Crippen LogP contribution is -2.22. The Labute approximate surface area is 139 Å². The van der Waals surface area contributed by atoms with Gasteiger partial charge in [0, 0.05) is 11.0 Å². The summed E-state index contributed by atoms with van der Waals surface area (Å²) in [4.78, 5) is 2.02. The van der Waals surface area contributed by atoms with Crippen molar-refractivity contribution in [2.24, 2.45) is 0 Å². The second-order valence-corrected chi connectivity index (χ2v) is 6.07. The van der Waals surface area contributed by atoms with Crippen molar-refractivity contribution in [1.82, 2.24) is 4.90 Å². The summed E-state index contributed by atoms with van der Waals surface area (Å²) in [5.74, 6) is 0. The van der Waals surface area contributed by atoms with Crippen LogP contribution < -0.4 is 0 Å². The predicted octanol–water partition coefficient (Wildman–Crippen LogP) is 4.68. The van der Waals surface area contributed by atoms with Gasteiger partial charge in [0.05, 0.1) is 12.6 Å². The van der Waals surface area contributed by atoms with E-state index in [9.17, 15) is 0 Å². The van der Waals surface area contributed by atoms with E-state index in [1.54, 1.807) is 0 Å². The van der Waals surface area contributed by atoms with Gasteiger partial charge in [-0.15, -0.1) is 11.6 Å². The molecule has 0 aliphatic heterocycles. The highest BCUT2D eigenvalue weighted by molar-refractivity contribution is 9.10. The zero-order valence-electron chi connectivity index (χ0n) is 12.0. The van der Waals surface area contributed by atoms with Crippen molar-refractivity contribution in [2.45, 2.75) is 6.10 Å². The summed E-state index contributed by atoms with van der Waals surface area (Å²) in [6.45, 7) is 1.45. The van der Waals surface area contributed by atoms with Crippen molar-refractivity contribution >= 4 is 27.5 Å². The first-order chi connectivity index (χ1) is 10.2. The van der Waals surface area contributed by atoms with E-state index in [1.807, 2.05) is 42.3 Å². The van der Waals surface area contributed by atoms with E-state index >= 15 is 0 Å². The third-order valence-corrected chi connectivity index (χ3v) is 4.17. The van der Waals surface area contributed by atoms with Crippen molar-refractivity contribution in [2.75, 3.05) is 26.2 Å². The Hall–Kier alpha value is -0.870. The van der Waals surface area contributed by atoms with E-state index in [1.165, 1.54) is 0 Å². The zero-order valence-corrected chi connectivity index (χ0v) is 14.3. The van der Waals surface area contributed by atoms with Gasteiger partial charge in [-0.1, -0.05) is 58.4 Å². The summed E-state index contributed by atoms with van der Waals surface area (Å²) in [6, 6.07) is 19.1. The highest BCUT2D eigenvalue weighted by Gasteiger charge is 2.14. The van der Waals surface area contributed by atoms with E-state index < -0.39 is 0 Å². The monoisotopic (exact) mass is 367 g/mol. The van der Waals surface area contributed by atoms with E-state index in [4.69, 9.17) is 16.3 Å². The second kappa shape index (κ2) is 8.54. The lowest BCUT2D eigenvalue weighted by atomic mass is 10.0. The van der Waals surface area contributed by atoms with Crippen LogP contribution in [0.5, 0.6) is 0 Å². The molecular weight excluding hydrogens is 350 g/mol. The van der Waals surface area contributed by atoms with Crippen LogP contribution in [-0.2, 0) is 4.74 Å².